The molecular weight excluding hydrogens is 304 g/mol. The number of halogens is 1. The number of carbonyl (C=O) groups is 1. The molecule has 0 saturated heterocycles. The van der Waals surface area contributed by atoms with Gasteiger partial charge in [0.1, 0.15) is 5.01 Å². The molecule has 0 aliphatic rings. The molecule has 0 saturated carbocycles. The molecule has 0 radical (unpaired) electrons. The average molecular weight is 317 g/mol. The Morgan fingerprint density at radius 3 is 2.67 bits per heavy atom. The van der Waals surface area contributed by atoms with Gasteiger partial charge in [0, 0.05) is 5.02 Å². The van der Waals surface area contributed by atoms with Crippen molar-refractivity contribution in [3.63, 3.8) is 0 Å². The van der Waals surface area contributed by atoms with Crippen molar-refractivity contribution in [2.24, 2.45) is 0 Å². The third kappa shape index (κ3) is 3.60. The number of para-hydroxylation sites is 1. The van der Waals surface area contributed by atoms with Crippen molar-refractivity contribution in [2.45, 2.75) is 13.0 Å². The van der Waals surface area contributed by atoms with E-state index in [-0.39, 0.29) is 5.91 Å². The number of nitrogens with one attached hydrogen (secondary N) is 1. The maximum atomic E-state index is 11.9. The number of hydrogen-bond acceptors (Lipinski definition) is 3. The first-order valence-corrected chi connectivity index (χ1v) is 7.76. The fraction of sp³-hybridized carbons (Fsp3) is 0.125. The van der Waals surface area contributed by atoms with E-state index in [2.05, 4.69) is 10.3 Å². The van der Waals surface area contributed by atoms with Gasteiger partial charge in [-0.15, -0.1) is 11.3 Å². The van der Waals surface area contributed by atoms with E-state index >= 15 is 0 Å². The normalized spacial score (nSPS) is 10.7. The fourth-order valence-corrected chi connectivity index (χ4v) is 3.05. The molecule has 3 rings (SSSR count). The molecule has 0 aliphatic carbocycles. The highest BCUT2D eigenvalue weighted by atomic mass is 35.5. The van der Waals surface area contributed by atoms with E-state index in [1.165, 1.54) is 0 Å². The highest BCUT2D eigenvalue weighted by molar-refractivity contribution is 7.18. The fourth-order valence-electron chi connectivity index (χ4n) is 2.02. The van der Waals surface area contributed by atoms with Crippen LogP contribution < -0.4 is 5.32 Å². The maximum Gasteiger partial charge on any atom is 0.224 e. The summed E-state index contributed by atoms with van der Waals surface area (Å²) in [5.74, 6) is -0.0171. The summed E-state index contributed by atoms with van der Waals surface area (Å²) in [6.07, 6.45) is 0.349. The Bertz CT molecular complexity index is 734. The second-order valence-electron chi connectivity index (χ2n) is 4.66. The molecule has 21 heavy (non-hydrogen) atoms. The second kappa shape index (κ2) is 6.24. The number of rotatable bonds is 4. The number of nitrogens with zero attached hydrogens (tertiary/aromatic N) is 1. The van der Waals surface area contributed by atoms with E-state index in [4.69, 9.17) is 11.6 Å². The predicted octanol–water partition coefficient (Wildman–Crippen LogP) is 3.81. The summed E-state index contributed by atoms with van der Waals surface area (Å²) in [7, 11) is 0. The molecule has 5 heteroatoms. The summed E-state index contributed by atoms with van der Waals surface area (Å²) in [6.45, 7) is 0.464. The van der Waals surface area contributed by atoms with E-state index < -0.39 is 0 Å². The highest BCUT2D eigenvalue weighted by Crippen LogP contribution is 2.21. The van der Waals surface area contributed by atoms with Crippen LogP contribution in [0.2, 0.25) is 5.02 Å². The topological polar surface area (TPSA) is 42.0 Å². The first kappa shape index (κ1) is 14.0. The van der Waals surface area contributed by atoms with Gasteiger partial charge >= 0.3 is 0 Å². The van der Waals surface area contributed by atoms with Gasteiger partial charge < -0.3 is 5.32 Å². The lowest BCUT2D eigenvalue weighted by Crippen LogP contribution is -2.24. The van der Waals surface area contributed by atoms with Gasteiger partial charge in [-0.2, -0.15) is 0 Å². The SMILES string of the molecule is O=C(Cc1ccc(Cl)cc1)NCc1nc2ccccc2s1. The third-order valence-electron chi connectivity index (χ3n) is 3.05. The minimum Gasteiger partial charge on any atom is -0.349 e. The van der Waals surface area contributed by atoms with Crippen molar-refractivity contribution in [1.29, 1.82) is 0 Å². The van der Waals surface area contributed by atoms with Gasteiger partial charge in [-0.1, -0.05) is 35.9 Å². The molecule has 0 aliphatic heterocycles. The second-order valence-corrected chi connectivity index (χ2v) is 6.21. The summed E-state index contributed by atoms with van der Waals surface area (Å²) >= 11 is 7.42. The molecule has 3 nitrogen and oxygen atoms in total. The molecule has 1 aromatic heterocycles. The molecule has 106 valence electrons. The summed E-state index contributed by atoms with van der Waals surface area (Å²) in [6, 6.07) is 15.3. The number of benzene rings is 2. The lowest BCUT2D eigenvalue weighted by atomic mass is 10.1. The number of thiazole rings is 1. The Kier molecular flexibility index (Phi) is 4.18. The van der Waals surface area contributed by atoms with E-state index in [9.17, 15) is 4.79 Å². The molecule has 1 amide bonds. The number of hydrogen-bond donors (Lipinski definition) is 1. The van der Waals surface area contributed by atoms with Crippen LogP contribution in [-0.2, 0) is 17.8 Å². The molecule has 3 aromatic rings. The summed E-state index contributed by atoms with van der Waals surface area (Å²) in [5, 5.41) is 4.49. The first-order valence-electron chi connectivity index (χ1n) is 6.56. The van der Waals surface area contributed by atoms with Crippen molar-refractivity contribution in [1.82, 2.24) is 10.3 Å². The van der Waals surface area contributed by atoms with Crippen LogP contribution in [0.4, 0.5) is 0 Å². The van der Waals surface area contributed by atoms with Gasteiger partial charge in [0.2, 0.25) is 5.91 Å². The van der Waals surface area contributed by atoms with Gasteiger partial charge in [-0.05, 0) is 29.8 Å². The lowest BCUT2D eigenvalue weighted by molar-refractivity contribution is -0.120. The van der Waals surface area contributed by atoms with E-state index in [1.54, 1.807) is 23.5 Å². The van der Waals surface area contributed by atoms with E-state index in [0.717, 1.165) is 20.8 Å². The number of carbonyl (C=O) groups excluding carboxylic acids is 1. The maximum absolute atomic E-state index is 11.9. The van der Waals surface area contributed by atoms with Gasteiger partial charge in [0.15, 0.2) is 0 Å². The molecule has 0 fully saturated rings. The Morgan fingerprint density at radius 1 is 1.14 bits per heavy atom. The molecule has 0 spiro atoms. The van der Waals surface area contributed by atoms with E-state index in [0.29, 0.717) is 18.0 Å². The molecule has 2 aromatic carbocycles. The van der Waals surface area contributed by atoms with Gasteiger partial charge in [-0.25, -0.2) is 4.98 Å². The van der Waals surface area contributed by atoms with Crippen LogP contribution in [-0.4, -0.2) is 10.9 Å². The Morgan fingerprint density at radius 2 is 1.90 bits per heavy atom. The highest BCUT2D eigenvalue weighted by Gasteiger charge is 2.06. The summed E-state index contributed by atoms with van der Waals surface area (Å²) in [5.41, 5.74) is 1.92. The molecule has 1 heterocycles. The predicted molar refractivity (Wildman–Crippen MR) is 86.6 cm³/mol. The van der Waals surface area contributed by atoms with Gasteiger partial charge in [0.25, 0.3) is 0 Å². The van der Waals surface area contributed by atoms with Crippen LogP contribution in [0.25, 0.3) is 10.2 Å². The van der Waals surface area contributed by atoms with Crippen molar-refractivity contribution >= 4 is 39.1 Å². The quantitative estimate of drug-likeness (QED) is 0.795. The zero-order chi connectivity index (χ0) is 14.7. The van der Waals surface area contributed by atoms with Crippen molar-refractivity contribution in [3.05, 3.63) is 64.1 Å². The number of aromatic nitrogens is 1. The van der Waals surface area contributed by atoms with Crippen molar-refractivity contribution in [2.75, 3.05) is 0 Å². The van der Waals surface area contributed by atoms with Crippen LogP contribution in [0.1, 0.15) is 10.6 Å². The Balaban J connectivity index is 1.59. The summed E-state index contributed by atoms with van der Waals surface area (Å²) in [4.78, 5) is 16.4. The molecule has 0 atom stereocenters. The lowest BCUT2D eigenvalue weighted by Gasteiger charge is -2.03. The minimum atomic E-state index is -0.0171. The Labute approximate surface area is 131 Å². The van der Waals surface area contributed by atoms with Crippen molar-refractivity contribution in [3.8, 4) is 0 Å². The minimum absolute atomic E-state index is 0.0171. The molecule has 0 unspecified atom stereocenters. The van der Waals surface area contributed by atoms with Crippen LogP contribution in [0, 0.1) is 0 Å². The largest absolute Gasteiger partial charge is 0.349 e. The van der Waals surface area contributed by atoms with Crippen LogP contribution in [0.3, 0.4) is 0 Å². The third-order valence-corrected chi connectivity index (χ3v) is 4.34. The van der Waals surface area contributed by atoms with Crippen LogP contribution in [0.5, 0.6) is 0 Å². The molecular formula is C16H13ClN2OS. The first-order chi connectivity index (χ1) is 10.2. The van der Waals surface area contributed by atoms with Gasteiger partial charge in [0.05, 0.1) is 23.2 Å². The molecule has 0 bridgehead atoms. The number of fused-ring (bicyclic) bond motifs is 1. The Hall–Kier alpha value is -1.91. The zero-order valence-corrected chi connectivity index (χ0v) is 12.7. The monoisotopic (exact) mass is 316 g/mol. The van der Waals surface area contributed by atoms with Crippen molar-refractivity contribution < 1.29 is 4.79 Å². The summed E-state index contributed by atoms with van der Waals surface area (Å²) < 4.78 is 1.14. The number of amides is 1. The zero-order valence-electron chi connectivity index (χ0n) is 11.2. The smallest absolute Gasteiger partial charge is 0.224 e. The van der Waals surface area contributed by atoms with Crippen LogP contribution in [0.15, 0.2) is 48.5 Å². The van der Waals surface area contributed by atoms with Gasteiger partial charge in [-0.3, -0.25) is 4.79 Å². The van der Waals surface area contributed by atoms with E-state index in [1.807, 2.05) is 36.4 Å². The van der Waals surface area contributed by atoms with Crippen LogP contribution >= 0.6 is 22.9 Å². The molecule has 1 N–H and O–H groups in total. The average Bonchev–Trinajstić information content (AvgIpc) is 2.90. The standard InChI is InChI=1S/C16H13ClN2OS/c17-12-7-5-11(6-8-12)9-15(20)18-10-16-19-13-3-1-2-4-14(13)21-16/h1-8H,9-10H2,(H,18,20).